The Morgan fingerprint density at radius 2 is 1.86 bits per heavy atom. The molecule has 1 saturated heterocycles. The van der Waals surface area contributed by atoms with E-state index < -0.39 is 0 Å². The normalized spacial score (nSPS) is 14.8. The zero-order valence-corrected chi connectivity index (χ0v) is 16.3. The van der Waals surface area contributed by atoms with E-state index in [2.05, 4.69) is 22.3 Å². The lowest BCUT2D eigenvalue weighted by Crippen LogP contribution is -2.19. The van der Waals surface area contributed by atoms with Crippen LogP contribution in [-0.4, -0.2) is 28.9 Å². The van der Waals surface area contributed by atoms with Crippen LogP contribution in [0.2, 0.25) is 5.02 Å². The summed E-state index contributed by atoms with van der Waals surface area (Å²) in [6, 6.07) is 17.3. The summed E-state index contributed by atoms with van der Waals surface area (Å²) in [7, 11) is 0. The smallest absolute Gasteiger partial charge is 0.248 e. The number of fused-ring (bicyclic) bond motifs is 1. The van der Waals surface area contributed by atoms with Crippen molar-refractivity contribution in [1.29, 1.82) is 0 Å². The summed E-state index contributed by atoms with van der Waals surface area (Å²) < 4.78 is 0. The van der Waals surface area contributed by atoms with Crippen LogP contribution in [0.4, 0.5) is 5.69 Å². The maximum absolute atomic E-state index is 12.2. The summed E-state index contributed by atoms with van der Waals surface area (Å²) in [6.45, 7) is 3.23. The summed E-state index contributed by atoms with van der Waals surface area (Å²) in [5, 5.41) is 4.60. The molecule has 2 aromatic carbocycles. The van der Waals surface area contributed by atoms with E-state index in [0.29, 0.717) is 5.02 Å². The van der Waals surface area contributed by atoms with Gasteiger partial charge in [-0.1, -0.05) is 29.8 Å². The number of anilines is 1. The molecule has 0 atom stereocenters. The summed E-state index contributed by atoms with van der Waals surface area (Å²) in [6.07, 6.45) is 5.84. The molecule has 1 aromatic heterocycles. The Morgan fingerprint density at radius 3 is 2.64 bits per heavy atom. The van der Waals surface area contributed by atoms with Crippen molar-refractivity contribution in [2.45, 2.75) is 19.4 Å². The average Bonchev–Trinajstić information content (AvgIpc) is 3.21. The highest BCUT2D eigenvalue weighted by Crippen LogP contribution is 2.20. The van der Waals surface area contributed by atoms with Crippen molar-refractivity contribution in [2.24, 2.45) is 0 Å². The van der Waals surface area contributed by atoms with E-state index in [0.717, 1.165) is 47.5 Å². The van der Waals surface area contributed by atoms with Gasteiger partial charge in [-0.2, -0.15) is 0 Å². The van der Waals surface area contributed by atoms with Gasteiger partial charge in [-0.15, -0.1) is 0 Å². The monoisotopic (exact) mass is 391 g/mol. The van der Waals surface area contributed by atoms with Gasteiger partial charge in [0.25, 0.3) is 0 Å². The minimum absolute atomic E-state index is 0.173. The molecule has 1 aliphatic heterocycles. The second-order valence-electron chi connectivity index (χ2n) is 7.07. The van der Waals surface area contributed by atoms with E-state index in [-0.39, 0.29) is 5.91 Å². The fourth-order valence-corrected chi connectivity index (χ4v) is 3.56. The Labute approximate surface area is 169 Å². The van der Waals surface area contributed by atoms with Crippen molar-refractivity contribution in [3.8, 4) is 0 Å². The summed E-state index contributed by atoms with van der Waals surface area (Å²) in [5.74, 6) is -0.173. The lowest BCUT2D eigenvalue weighted by molar-refractivity contribution is -0.111. The molecular formula is C23H22ClN3O. The number of hydrogen-bond acceptors (Lipinski definition) is 3. The number of halogens is 1. The topological polar surface area (TPSA) is 45.2 Å². The molecular weight excluding hydrogens is 370 g/mol. The van der Waals surface area contributed by atoms with Crippen LogP contribution in [0.5, 0.6) is 0 Å². The van der Waals surface area contributed by atoms with E-state index in [1.165, 1.54) is 18.9 Å². The van der Waals surface area contributed by atoms with Crippen LogP contribution in [0.15, 0.2) is 60.7 Å². The number of amides is 1. The Kier molecular flexibility index (Phi) is 5.70. The van der Waals surface area contributed by atoms with E-state index >= 15 is 0 Å². The summed E-state index contributed by atoms with van der Waals surface area (Å²) >= 11 is 5.87. The maximum atomic E-state index is 12.2. The van der Waals surface area contributed by atoms with Crippen molar-refractivity contribution in [3.63, 3.8) is 0 Å². The van der Waals surface area contributed by atoms with Gasteiger partial charge in [-0.3, -0.25) is 14.7 Å². The van der Waals surface area contributed by atoms with Gasteiger partial charge in [-0.25, -0.2) is 0 Å². The number of pyridine rings is 1. The first-order valence-corrected chi connectivity index (χ1v) is 9.90. The number of likely N-dealkylation sites (tertiary alicyclic amines) is 1. The molecule has 0 radical (unpaired) electrons. The quantitative estimate of drug-likeness (QED) is 0.613. The molecule has 0 saturated carbocycles. The molecule has 1 fully saturated rings. The number of nitrogens with one attached hydrogen (secondary N) is 1. The van der Waals surface area contributed by atoms with E-state index in [1.54, 1.807) is 18.2 Å². The standard InChI is InChI=1S/C23H22ClN3O/c24-19-7-3-17(4-8-19)5-12-23(28)26-20-10-11-22-18(15-20)6-9-21(25-22)16-27-13-1-2-14-27/h3-12,15H,1-2,13-14,16H2,(H,26,28)/b12-5+. The molecule has 0 unspecified atom stereocenters. The van der Waals surface area contributed by atoms with Crippen LogP contribution >= 0.6 is 11.6 Å². The second-order valence-corrected chi connectivity index (χ2v) is 7.50. The highest BCUT2D eigenvalue weighted by molar-refractivity contribution is 6.30. The van der Waals surface area contributed by atoms with Gasteiger partial charge < -0.3 is 5.32 Å². The molecule has 1 amide bonds. The van der Waals surface area contributed by atoms with Crippen LogP contribution in [0.3, 0.4) is 0 Å². The molecule has 1 aliphatic rings. The zero-order valence-electron chi connectivity index (χ0n) is 15.6. The third kappa shape index (κ3) is 4.77. The number of hydrogen-bond donors (Lipinski definition) is 1. The zero-order chi connectivity index (χ0) is 19.3. The molecule has 0 bridgehead atoms. The predicted octanol–water partition coefficient (Wildman–Crippen LogP) is 5.14. The van der Waals surface area contributed by atoms with Crippen molar-refractivity contribution >= 4 is 40.2 Å². The van der Waals surface area contributed by atoms with Gasteiger partial charge >= 0.3 is 0 Å². The molecule has 0 aliphatic carbocycles. The van der Waals surface area contributed by atoms with Gasteiger partial charge in [-0.05, 0) is 74.0 Å². The number of carbonyl (C=O) groups is 1. The first-order valence-electron chi connectivity index (χ1n) is 9.52. The number of rotatable bonds is 5. The molecule has 2 heterocycles. The van der Waals surface area contributed by atoms with Crippen molar-refractivity contribution in [1.82, 2.24) is 9.88 Å². The van der Waals surface area contributed by atoms with E-state index in [1.807, 2.05) is 30.3 Å². The Balaban J connectivity index is 1.42. The van der Waals surface area contributed by atoms with Gasteiger partial charge in [0, 0.05) is 28.7 Å². The van der Waals surface area contributed by atoms with Crippen LogP contribution < -0.4 is 5.32 Å². The van der Waals surface area contributed by atoms with Crippen molar-refractivity contribution in [3.05, 3.63) is 77.0 Å². The molecule has 1 N–H and O–H groups in total. The van der Waals surface area contributed by atoms with Crippen LogP contribution in [0.1, 0.15) is 24.1 Å². The molecule has 4 nitrogen and oxygen atoms in total. The SMILES string of the molecule is O=C(/C=C/c1ccc(Cl)cc1)Nc1ccc2nc(CN3CCCC3)ccc2c1. The highest BCUT2D eigenvalue weighted by Gasteiger charge is 2.12. The molecule has 28 heavy (non-hydrogen) atoms. The lowest BCUT2D eigenvalue weighted by Gasteiger charge is -2.14. The summed E-state index contributed by atoms with van der Waals surface area (Å²) in [5.41, 5.74) is 3.73. The second kappa shape index (κ2) is 8.55. The van der Waals surface area contributed by atoms with Gasteiger partial charge in [0.2, 0.25) is 5.91 Å². The third-order valence-electron chi connectivity index (χ3n) is 4.90. The van der Waals surface area contributed by atoms with E-state index in [4.69, 9.17) is 16.6 Å². The number of benzene rings is 2. The Hall–Kier alpha value is -2.69. The fraction of sp³-hybridized carbons (Fsp3) is 0.217. The largest absolute Gasteiger partial charge is 0.322 e. The Morgan fingerprint density at radius 1 is 1.07 bits per heavy atom. The molecule has 142 valence electrons. The minimum Gasteiger partial charge on any atom is -0.322 e. The number of nitrogens with zero attached hydrogens (tertiary/aromatic N) is 2. The predicted molar refractivity (Wildman–Crippen MR) is 115 cm³/mol. The summed E-state index contributed by atoms with van der Waals surface area (Å²) in [4.78, 5) is 19.4. The third-order valence-corrected chi connectivity index (χ3v) is 5.15. The molecule has 5 heteroatoms. The van der Waals surface area contributed by atoms with Crippen LogP contribution in [-0.2, 0) is 11.3 Å². The van der Waals surface area contributed by atoms with Gasteiger partial charge in [0.1, 0.15) is 0 Å². The number of carbonyl (C=O) groups excluding carboxylic acids is 1. The molecule has 4 rings (SSSR count). The highest BCUT2D eigenvalue weighted by atomic mass is 35.5. The molecule has 3 aromatic rings. The van der Waals surface area contributed by atoms with Crippen molar-refractivity contribution < 1.29 is 4.79 Å². The van der Waals surface area contributed by atoms with Crippen molar-refractivity contribution in [2.75, 3.05) is 18.4 Å². The first kappa shape index (κ1) is 18.7. The van der Waals surface area contributed by atoms with E-state index in [9.17, 15) is 4.79 Å². The van der Waals surface area contributed by atoms with Gasteiger partial charge in [0.15, 0.2) is 0 Å². The molecule has 0 spiro atoms. The Bertz CT molecular complexity index is 1010. The van der Waals surface area contributed by atoms with Crippen LogP contribution in [0, 0.1) is 0 Å². The first-order chi connectivity index (χ1) is 13.7. The average molecular weight is 392 g/mol. The number of aromatic nitrogens is 1. The maximum Gasteiger partial charge on any atom is 0.248 e. The van der Waals surface area contributed by atoms with Crippen LogP contribution in [0.25, 0.3) is 17.0 Å². The lowest BCUT2D eigenvalue weighted by atomic mass is 10.1. The fourth-order valence-electron chi connectivity index (χ4n) is 3.43. The minimum atomic E-state index is -0.173. The van der Waals surface area contributed by atoms with Gasteiger partial charge in [0.05, 0.1) is 11.2 Å².